The van der Waals surface area contributed by atoms with Gasteiger partial charge in [0.1, 0.15) is 6.54 Å². The highest BCUT2D eigenvalue weighted by Crippen LogP contribution is 2.18. The average molecular weight is 284 g/mol. The van der Waals surface area contributed by atoms with Crippen molar-refractivity contribution in [3.05, 3.63) is 0 Å². The van der Waals surface area contributed by atoms with Crippen molar-refractivity contribution < 1.29 is 22.7 Å². The summed E-state index contributed by atoms with van der Waals surface area (Å²) in [7, 11) is 0. The Kier molecular flexibility index (Phi) is 8.75. The lowest BCUT2D eigenvalue weighted by atomic mass is 10.1. The minimum absolute atomic E-state index is 0.0429. The number of ether oxygens (including phenoxy) is 1. The van der Waals surface area contributed by atoms with E-state index < -0.39 is 18.6 Å². The zero-order valence-corrected chi connectivity index (χ0v) is 11.5. The Hall–Kier alpha value is -0.820. The highest BCUT2D eigenvalue weighted by atomic mass is 19.4. The summed E-state index contributed by atoms with van der Waals surface area (Å²) >= 11 is 0. The minimum atomic E-state index is -4.38. The normalized spacial score (nSPS) is 13.4. The molecule has 0 aliphatic heterocycles. The Bertz CT molecular complexity index is 260. The Morgan fingerprint density at radius 1 is 1.42 bits per heavy atom. The maximum Gasteiger partial charge on any atom is 0.406 e. The van der Waals surface area contributed by atoms with E-state index in [9.17, 15) is 18.0 Å². The van der Waals surface area contributed by atoms with Gasteiger partial charge in [-0.2, -0.15) is 13.2 Å². The van der Waals surface area contributed by atoms with E-state index in [1.165, 1.54) is 0 Å². The number of nitrogens with zero attached hydrogens (tertiary/aromatic N) is 1. The molecule has 0 aromatic heterocycles. The fraction of sp³-hybridized carbons (Fsp3) is 0.917. The summed E-state index contributed by atoms with van der Waals surface area (Å²) < 4.78 is 42.3. The number of hydrogen-bond donors (Lipinski definition) is 1. The van der Waals surface area contributed by atoms with Crippen LogP contribution >= 0.6 is 0 Å². The summed E-state index contributed by atoms with van der Waals surface area (Å²) in [5.41, 5.74) is 5.37. The Labute approximate surface area is 112 Å². The third-order valence-electron chi connectivity index (χ3n) is 2.57. The summed E-state index contributed by atoms with van der Waals surface area (Å²) in [5, 5.41) is 0. The lowest BCUT2D eigenvalue weighted by molar-refractivity contribution is -0.162. The number of carbonyl (C=O) groups excluding carboxylic acids is 1. The van der Waals surface area contributed by atoms with Gasteiger partial charge in [-0.1, -0.05) is 6.92 Å². The molecule has 0 aromatic carbocycles. The molecule has 1 amide bonds. The molecule has 0 saturated carbocycles. The maximum absolute atomic E-state index is 12.4. The number of rotatable bonds is 9. The van der Waals surface area contributed by atoms with Crippen molar-refractivity contribution >= 4 is 5.91 Å². The van der Waals surface area contributed by atoms with E-state index in [2.05, 4.69) is 0 Å². The molecule has 0 saturated heterocycles. The molecule has 0 bridgehead atoms. The molecule has 4 nitrogen and oxygen atoms in total. The summed E-state index contributed by atoms with van der Waals surface area (Å²) in [6.07, 6.45) is -3.94. The molecular weight excluding hydrogens is 261 g/mol. The summed E-state index contributed by atoms with van der Waals surface area (Å²) in [6, 6.07) is 0. The van der Waals surface area contributed by atoms with Crippen molar-refractivity contribution in [2.24, 2.45) is 11.7 Å². The van der Waals surface area contributed by atoms with E-state index in [4.69, 9.17) is 10.5 Å². The zero-order chi connectivity index (χ0) is 14.9. The number of alkyl halides is 3. The Balaban J connectivity index is 4.35. The Morgan fingerprint density at radius 3 is 2.53 bits per heavy atom. The number of hydrogen-bond acceptors (Lipinski definition) is 3. The van der Waals surface area contributed by atoms with Crippen LogP contribution in [0.5, 0.6) is 0 Å². The summed E-state index contributed by atoms with van der Waals surface area (Å²) in [5.74, 6) is -0.623. The third-order valence-corrected chi connectivity index (χ3v) is 2.57. The van der Waals surface area contributed by atoms with Gasteiger partial charge >= 0.3 is 6.18 Å². The predicted molar refractivity (Wildman–Crippen MR) is 66.6 cm³/mol. The molecule has 1 unspecified atom stereocenters. The van der Waals surface area contributed by atoms with E-state index >= 15 is 0 Å². The molecule has 0 aliphatic carbocycles. The average Bonchev–Trinajstić information content (AvgIpc) is 2.31. The van der Waals surface area contributed by atoms with Gasteiger partial charge in [0.25, 0.3) is 0 Å². The van der Waals surface area contributed by atoms with Crippen molar-refractivity contribution in [3.63, 3.8) is 0 Å². The van der Waals surface area contributed by atoms with Crippen LogP contribution in [0.1, 0.15) is 26.7 Å². The van der Waals surface area contributed by atoms with Gasteiger partial charge in [-0.25, -0.2) is 0 Å². The second-order valence-electron chi connectivity index (χ2n) is 4.53. The van der Waals surface area contributed by atoms with Gasteiger partial charge in [0.15, 0.2) is 0 Å². The van der Waals surface area contributed by atoms with Gasteiger partial charge in [-0.3, -0.25) is 4.79 Å². The molecule has 19 heavy (non-hydrogen) atoms. The zero-order valence-electron chi connectivity index (χ0n) is 11.5. The molecule has 1 atom stereocenters. The smallest absolute Gasteiger partial charge is 0.382 e. The van der Waals surface area contributed by atoms with Gasteiger partial charge < -0.3 is 15.4 Å². The molecule has 0 spiro atoms. The molecule has 2 N–H and O–H groups in total. The quantitative estimate of drug-likeness (QED) is 0.657. The minimum Gasteiger partial charge on any atom is -0.382 e. The fourth-order valence-corrected chi connectivity index (χ4v) is 1.52. The topological polar surface area (TPSA) is 55.6 Å². The predicted octanol–water partition coefficient (Wildman–Crippen LogP) is 1.79. The molecule has 0 rings (SSSR count). The van der Waals surface area contributed by atoms with Crippen LogP contribution in [0.25, 0.3) is 0 Å². The standard InChI is InChI=1S/C12H23F3N2O2/c1-3-19-6-4-5-17(9-12(13,14)15)11(18)7-10(2)8-16/h10H,3-9,16H2,1-2H3. The van der Waals surface area contributed by atoms with Crippen molar-refractivity contribution in [1.29, 1.82) is 0 Å². The van der Waals surface area contributed by atoms with Gasteiger partial charge in [-0.15, -0.1) is 0 Å². The van der Waals surface area contributed by atoms with Crippen molar-refractivity contribution in [2.75, 3.05) is 32.8 Å². The second-order valence-corrected chi connectivity index (χ2v) is 4.53. The number of carbonyl (C=O) groups is 1. The maximum atomic E-state index is 12.4. The van der Waals surface area contributed by atoms with E-state index in [-0.39, 0.29) is 25.4 Å². The van der Waals surface area contributed by atoms with Gasteiger partial charge in [-0.05, 0) is 25.8 Å². The van der Waals surface area contributed by atoms with Gasteiger partial charge in [0.2, 0.25) is 5.91 Å². The first-order valence-corrected chi connectivity index (χ1v) is 6.42. The molecule has 0 radical (unpaired) electrons. The molecule has 0 heterocycles. The van der Waals surface area contributed by atoms with Crippen molar-refractivity contribution in [2.45, 2.75) is 32.9 Å². The first kappa shape index (κ1) is 18.2. The largest absolute Gasteiger partial charge is 0.406 e. The molecule has 114 valence electrons. The van der Waals surface area contributed by atoms with E-state index in [1.807, 2.05) is 6.92 Å². The highest BCUT2D eigenvalue weighted by molar-refractivity contribution is 5.76. The van der Waals surface area contributed by atoms with Crippen LogP contribution in [-0.4, -0.2) is 49.8 Å². The Morgan fingerprint density at radius 2 is 2.05 bits per heavy atom. The van der Waals surface area contributed by atoms with E-state index in [0.717, 1.165) is 4.90 Å². The third kappa shape index (κ3) is 9.72. The van der Waals surface area contributed by atoms with Crippen LogP contribution in [0.3, 0.4) is 0 Å². The van der Waals surface area contributed by atoms with Crippen molar-refractivity contribution in [3.8, 4) is 0 Å². The van der Waals surface area contributed by atoms with Gasteiger partial charge in [0.05, 0.1) is 0 Å². The van der Waals surface area contributed by atoms with E-state index in [1.54, 1.807) is 6.92 Å². The molecule has 0 fully saturated rings. The van der Waals surface area contributed by atoms with Crippen LogP contribution < -0.4 is 5.73 Å². The lowest BCUT2D eigenvalue weighted by Crippen LogP contribution is -2.40. The van der Waals surface area contributed by atoms with Crippen molar-refractivity contribution in [1.82, 2.24) is 4.90 Å². The van der Waals surface area contributed by atoms with Gasteiger partial charge in [0, 0.05) is 26.2 Å². The lowest BCUT2D eigenvalue weighted by Gasteiger charge is -2.25. The van der Waals surface area contributed by atoms with Crippen LogP contribution in [0.2, 0.25) is 0 Å². The monoisotopic (exact) mass is 284 g/mol. The molecule has 7 heteroatoms. The van der Waals surface area contributed by atoms with Crippen LogP contribution in [-0.2, 0) is 9.53 Å². The fourth-order valence-electron chi connectivity index (χ4n) is 1.52. The second kappa shape index (κ2) is 9.14. The van der Waals surface area contributed by atoms with Crippen LogP contribution in [0.15, 0.2) is 0 Å². The SMILES string of the molecule is CCOCCCN(CC(F)(F)F)C(=O)CC(C)CN. The molecular formula is C12H23F3N2O2. The summed E-state index contributed by atoms with van der Waals surface area (Å²) in [4.78, 5) is 12.6. The van der Waals surface area contributed by atoms with Crippen LogP contribution in [0.4, 0.5) is 13.2 Å². The first-order chi connectivity index (χ1) is 8.80. The van der Waals surface area contributed by atoms with E-state index in [0.29, 0.717) is 19.6 Å². The number of amides is 1. The number of halogens is 3. The number of nitrogens with two attached hydrogens (primary N) is 1. The molecule has 0 aliphatic rings. The first-order valence-electron chi connectivity index (χ1n) is 6.42. The molecule has 0 aromatic rings. The van der Waals surface area contributed by atoms with Crippen LogP contribution in [0, 0.1) is 5.92 Å². The highest BCUT2D eigenvalue weighted by Gasteiger charge is 2.32. The summed E-state index contributed by atoms with van der Waals surface area (Å²) in [6.45, 7) is 3.53.